The van der Waals surface area contributed by atoms with Crippen molar-refractivity contribution in [3.8, 4) is 5.75 Å². The van der Waals surface area contributed by atoms with Gasteiger partial charge in [-0.1, -0.05) is 19.4 Å². The van der Waals surface area contributed by atoms with E-state index in [4.69, 9.17) is 10.5 Å². The van der Waals surface area contributed by atoms with E-state index in [0.717, 1.165) is 31.1 Å². The number of nitrogens with two attached hydrogens (primary N) is 1. The number of likely N-dealkylation sites (tertiary alicyclic amines) is 1. The zero-order valence-electron chi connectivity index (χ0n) is 12.4. The number of hydrogen-bond acceptors (Lipinski definition) is 3. The predicted molar refractivity (Wildman–Crippen MR) is 79.3 cm³/mol. The van der Waals surface area contributed by atoms with E-state index in [1.807, 2.05) is 6.07 Å². The maximum atomic E-state index is 13.7. The molecule has 0 aliphatic carbocycles. The lowest BCUT2D eigenvalue weighted by Crippen LogP contribution is -2.38. The van der Waals surface area contributed by atoms with Crippen molar-refractivity contribution < 1.29 is 9.13 Å². The fraction of sp³-hybridized carbons (Fsp3) is 0.625. The first kappa shape index (κ1) is 15.3. The molecular weight excluding hydrogens is 255 g/mol. The third-order valence-corrected chi connectivity index (χ3v) is 4.34. The summed E-state index contributed by atoms with van der Waals surface area (Å²) in [7, 11) is 1.47. The molecule has 1 aromatic carbocycles. The fourth-order valence-corrected chi connectivity index (χ4v) is 2.87. The molecule has 2 rings (SSSR count). The molecular formula is C16H25FN2O. The van der Waals surface area contributed by atoms with Crippen molar-refractivity contribution in [3.05, 3.63) is 29.6 Å². The highest BCUT2D eigenvalue weighted by atomic mass is 19.1. The third kappa shape index (κ3) is 3.70. The average molecular weight is 280 g/mol. The first-order valence-electron chi connectivity index (χ1n) is 7.45. The van der Waals surface area contributed by atoms with Gasteiger partial charge in [-0.05, 0) is 49.5 Å². The maximum Gasteiger partial charge on any atom is 0.165 e. The van der Waals surface area contributed by atoms with Crippen molar-refractivity contribution >= 4 is 0 Å². The summed E-state index contributed by atoms with van der Waals surface area (Å²) in [4.78, 5) is 2.39. The number of halogens is 1. The lowest BCUT2D eigenvalue weighted by molar-refractivity contribution is 0.173. The monoisotopic (exact) mass is 280 g/mol. The quantitative estimate of drug-likeness (QED) is 0.901. The molecule has 0 aromatic heterocycles. The van der Waals surface area contributed by atoms with Crippen LogP contribution >= 0.6 is 0 Å². The lowest BCUT2D eigenvalue weighted by atomic mass is 9.94. The van der Waals surface area contributed by atoms with E-state index in [9.17, 15) is 4.39 Å². The van der Waals surface area contributed by atoms with Crippen molar-refractivity contribution in [1.29, 1.82) is 0 Å². The molecule has 112 valence electrons. The minimum Gasteiger partial charge on any atom is -0.494 e. The Balaban J connectivity index is 1.91. The van der Waals surface area contributed by atoms with Crippen LogP contribution in [0.1, 0.15) is 37.8 Å². The molecule has 1 saturated heterocycles. The smallest absolute Gasteiger partial charge is 0.165 e. The fourth-order valence-electron chi connectivity index (χ4n) is 2.87. The summed E-state index contributed by atoms with van der Waals surface area (Å²) in [5.74, 6) is 0.788. The average Bonchev–Trinajstić information content (AvgIpc) is 2.48. The second kappa shape index (κ2) is 7.04. The van der Waals surface area contributed by atoms with E-state index in [2.05, 4.69) is 11.8 Å². The van der Waals surface area contributed by atoms with Crippen LogP contribution in [0.4, 0.5) is 4.39 Å². The first-order chi connectivity index (χ1) is 9.63. The number of nitrogens with zero attached hydrogens (tertiary/aromatic N) is 1. The van der Waals surface area contributed by atoms with Crippen LogP contribution in [-0.2, 0) is 0 Å². The number of rotatable bonds is 5. The summed E-state index contributed by atoms with van der Waals surface area (Å²) in [6, 6.07) is 4.84. The molecule has 1 heterocycles. The summed E-state index contributed by atoms with van der Waals surface area (Å²) in [6.07, 6.45) is 3.77. The lowest BCUT2D eigenvalue weighted by Gasteiger charge is -2.33. The van der Waals surface area contributed by atoms with Crippen molar-refractivity contribution in [3.63, 3.8) is 0 Å². The second-order valence-corrected chi connectivity index (χ2v) is 5.65. The van der Waals surface area contributed by atoms with Gasteiger partial charge in [0.1, 0.15) is 0 Å². The molecule has 1 aliphatic rings. The van der Waals surface area contributed by atoms with E-state index in [0.29, 0.717) is 0 Å². The Kier molecular flexibility index (Phi) is 5.38. The highest BCUT2D eigenvalue weighted by molar-refractivity contribution is 5.31. The van der Waals surface area contributed by atoms with Gasteiger partial charge in [-0.15, -0.1) is 0 Å². The Hall–Kier alpha value is -1.13. The molecule has 1 fully saturated rings. The number of piperidine rings is 1. The van der Waals surface area contributed by atoms with Crippen molar-refractivity contribution in [1.82, 2.24) is 4.90 Å². The summed E-state index contributed by atoms with van der Waals surface area (Å²) in [5, 5.41) is 0. The van der Waals surface area contributed by atoms with E-state index >= 15 is 0 Å². The van der Waals surface area contributed by atoms with Crippen molar-refractivity contribution in [2.24, 2.45) is 11.7 Å². The van der Waals surface area contributed by atoms with Gasteiger partial charge in [0.2, 0.25) is 0 Å². The summed E-state index contributed by atoms with van der Waals surface area (Å²) in [5.41, 5.74) is 7.04. The number of methoxy groups -OCH3 is 1. The molecule has 4 heteroatoms. The molecule has 1 unspecified atom stereocenters. The Morgan fingerprint density at radius 2 is 2.10 bits per heavy atom. The zero-order valence-corrected chi connectivity index (χ0v) is 12.4. The van der Waals surface area contributed by atoms with Crippen molar-refractivity contribution in [2.75, 3.05) is 26.7 Å². The molecule has 1 aromatic rings. The molecule has 0 amide bonds. The zero-order chi connectivity index (χ0) is 14.5. The van der Waals surface area contributed by atoms with Gasteiger partial charge in [0.05, 0.1) is 7.11 Å². The van der Waals surface area contributed by atoms with Gasteiger partial charge < -0.3 is 15.4 Å². The van der Waals surface area contributed by atoms with Gasteiger partial charge in [0.15, 0.2) is 11.6 Å². The van der Waals surface area contributed by atoms with Gasteiger partial charge in [0.25, 0.3) is 0 Å². The van der Waals surface area contributed by atoms with Gasteiger partial charge in [-0.3, -0.25) is 0 Å². The number of ether oxygens (including phenoxy) is 1. The SMILES string of the molecule is CCC1CCN(CC(N)c2ccc(OC)c(F)c2)CC1. The summed E-state index contributed by atoms with van der Waals surface area (Å²) >= 11 is 0. The molecule has 0 bridgehead atoms. The van der Waals surface area contributed by atoms with E-state index in [1.54, 1.807) is 6.07 Å². The number of hydrogen-bond donors (Lipinski definition) is 1. The summed E-state index contributed by atoms with van der Waals surface area (Å²) in [6.45, 7) is 5.25. The van der Waals surface area contributed by atoms with Crippen LogP contribution in [0.15, 0.2) is 18.2 Å². The highest BCUT2D eigenvalue weighted by Gasteiger charge is 2.20. The van der Waals surface area contributed by atoms with Crippen LogP contribution in [0, 0.1) is 11.7 Å². The predicted octanol–water partition coefficient (Wildman–Crippen LogP) is 2.96. The van der Waals surface area contributed by atoms with Crippen molar-refractivity contribution in [2.45, 2.75) is 32.2 Å². The number of benzene rings is 1. The molecule has 3 nitrogen and oxygen atoms in total. The minimum absolute atomic E-state index is 0.145. The van der Waals surface area contributed by atoms with Crippen LogP contribution < -0.4 is 10.5 Å². The van der Waals surface area contributed by atoms with Gasteiger partial charge in [-0.2, -0.15) is 0 Å². The Labute approximate surface area is 120 Å². The van der Waals surface area contributed by atoms with Crippen LogP contribution in [0.3, 0.4) is 0 Å². The highest BCUT2D eigenvalue weighted by Crippen LogP contribution is 2.24. The molecule has 1 aliphatic heterocycles. The molecule has 0 radical (unpaired) electrons. The Bertz CT molecular complexity index is 430. The van der Waals surface area contributed by atoms with Crippen LogP contribution in [0.25, 0.3) is 0 Å². The topological polar surface area (TPSA) is 38.5 Å². The molecule has 0 spiro atoms. The van der Waals surface area contributed by atoms with Gasteiger partial charge in [0, 0.05) is 12.6 Å². The molecule has 2 N–H and O–H groups in total. The van der Waals surface area contributed by atoms with Gasteiger partial charge in [-0.25, -0.2) is 4.39 Å². The minimum atomic E-state index is -0.342. The van der Waals surface area contributed by atoms with Crippen LogP contribution in [0.2, 0.25) is 0 Å². The normalized spacial score (nSPS) is 19.0. The Morgan fingerprint density at radius 3 is 2.65 bits per heavy atom. The van der Waals surface area contributed by atoms with Gasteiger partial charge >= 0.3 is 0 Å². The van der Waals surface area contributed by atoms with E-state index in [1.165, 1.54) is 32.4 Å². The standard InChI is InChI=1S/C16H25FN2O/c1-3-12-6-8-19(9-7-12)11-15(18)13-4-5-16(20-2)14(17)10-13/h4-5,10,12,15H,3,6-9,11,18H2,1-2H3. The summed E-state index contributed by atoms with van der Waals surface area (Å²) < 4.78 is 18.6. The Morgan fingerprint density at radius 1 is 1.40 bits per heavy atom. The molecule has 20 heavy (non-hydrogen) atoms. The molecule has 1 atom stereocenters. The maximum absolute atomic E-state index is 13.7. The third-order valence-electron chi connectivity index (χ3n) is 4.34. The van der Waals surface area contributed by atoms with E-state index < -0.39 is 0 Å². The van der Waals surface area contributed by atoms with E-state index in [-0.39, 0.29) is 17.6 Å². The van der Waals surface area contributed by atoms with Crippen LogP contribution in [0.5, 0.6) is 5.75 Å². The molecule has 0 saturated carbocycles. The largest absolute Gasteiger partial charge is 0.494 e. The first-order valence-corrected chi connectivity index (χ1v) is 7.45. The second-order valence-electron chi connectivity index (χ2n) is 5.65. The van der Waals surface area contributed by atoms with Crippen LogP contribution in [-0.4, -0.2) is 31.6 Å².